The molecule has 0 amide bonds. The number of hydrogen-bond acceptors (Lipinski definition) is 6. The molecule has 7 nitrogen and oxygen atoms in total. The third-order valence-electron chi connectivity index (χ3n) is 3.32. The van der Waals surface area contributed by atoms with Crippen molar-refractivity contribution in [3.05, 3.63) is 46.6 Å². The monoisotopic (exact) mass is 437 g/mol. The molecule has 9 heteroatoms. The molecule has 0 saturated carbocycles. The van der Waals surface area contributed by atoms with Gasteiger partial charge in [0.05, 0.1) is 17.6 Å². The summed E-state index contributed by atoms with van der Waals surface area (Å²) in [6.07, 6.45) is 2.29. The van der Waals surface area contributed by atoms with Gasteiger partial charge in [0, 0.05) is 22.7 Å². The summed E-state index contributed by atoms with van der Waals surface area (Å²) in [4.78, 5) is 15.6. The molecule has 0 saturated heterocycles. The summed E-state index contributed by atoms with van der Waals surface area (Å²) >= 11 is 3.23. The number of nitrogens with zero attached hydrogens (tertiary/aromatic N) is 2. The smallest absolute Gasteiger partial charge is 0.263 e. The second-order valence-corrected chi connectivity index (χ2v) is 7.80. The molecule has 1 aromatic heterocycles. The number of rotatable bonds is 8. The number of nitrogens with one attached hydrogen (secondary N) is 1. The van der Waals surface area contributed by atoms with Crippen molar-refractivity contribution in [2.75, 3.05) is 11.3 Å². The van der Waals surface area contributed by atoms with E-state index in [0.29, 0.717) is 17.3 Å². The summed E-state index contributed by atoms with van der Waals surface area (Å²) in [6, 6.07) is 9.39. The lowest BCUT2D eigenvalue weighted by Crippen LogP contribution is -2.15. The van der Waals surface area contributed by atoms with Crippen molar-refractivity contribution in [2.24, 2.45) is 0 Å². The predicted molar refractivity (Wildman–Crippen MR) is 99.5 cm³/mol. The van der Waals surface area contributed by atoms with Gasteiger partial charge in [0.1, 0.15) is 0 Å². The molecule has 0 spiro atoms. The SMILES string of the molecule is CC(=O)c1cc(S(=O)(=O)Nc2ncccc2OCCCC#N)ccc1Br. The first-order valence-electron chi connectivity index (χ1n) is 7.63. The van der Waals surface area contributed by atoms with Crippen molar-refractivity contribution in [1.29, 1.82) is 5.26 Å². The van der Waals surface area contributed by atoms with Gasteiger partial charge in [0.2, 0.25) is 0 Å². The number of sulfonamides is 1. The van der Waals surface area contributed by atoms with E-state index in [0.717, 1.165) is 0 Å². The average Bonchev–Trinajstić information content (AvgIpc) is 2.59. The fraction of sp³-hybridized carbons (Fsp3) is 0.235. The van der Waals surface area contributed by atoms with E-state index in [1.807, 2.05) is 6.07 Å². The van der Waals surface area contributed by atoms with Crippen molar-refractivity contribution in [3.63, 3.8) is 0 Å². The van der Waals surface area contributed by atoms with Crippen molar-refractivity contribution in [2.45, 2.75) is 24.7 Å². The first-order chi connectivity index (χ1) is 12.3. The maximum absolute atomic E-state index is 12.6. The Bertz CT molecular complexity index is 955. The number of hydrogen-bond donors (Lipinski definition) is 1. The number of aromatic nitrogens is 1. The number of anilines is 1. The van der Waals surface area contributed by atoms with Crippen LogP contribution in [0.2, 0.25) is 0 Å². The van der Waals surface area contributed by atoms with Gasteiger partial charge < -0.3 is 4.74 Å². The Morgan fingerprint density at radius 3 is 2.85 bits per heavy atom. The summed E-state index contributed by atoms with van der Waals surface area (Å²) in [5, 5.41) is 8.54. The lowest BCUT2D eigenvalue weighted by molar-refractivity contribution is 0.101. The zero-order valence-electron chi connectivity index (χ0n) is 13.9. The maximum Gasteiger partial charge on any atom is 0.263 e. The number of carbonyl (C=O) groups is 1. The first-order valence-corrected chi connectivity index (χ1v) is 9.91. The van der Waals surface area contributed by atoms with Crippen molar-refractivity contribution >= 4 is 37.6 Å². The van der Waals surface area contributed by atoms with Gasteiger partial charge in [-0.3, -0.25) is 9.52 Å². The zero-order valence-corrected chi connectivity index (χ0v) is 16.3. The van der Waals surface area contributed by atoms with Crippen LogP contribution in [0.3, 0.4) is 0 Å². The van der Waals surface area contributed by atoms with Crippen LogP contribution in [-0.4, -0.2) is 25.8 Å². The Balaban J connectivity index is 2.26. The Labute approximate surface area is 160 Å². The fourth-order valence-corrected chi connectivity index (χ4v) is 3.62. The number of Topliss-reactive ketones (excluding diaryl/α,β-unsaturated/α-hetero) is 1. The molecule has 1 aromatic carbocycles. The molecule has 0 unspecified atom stereocenters. The highest BCUT2D eigenvalue weighted by atomic mass is 79.9. The molecule has 0 atom stereocenters. The van der Waals surface area contributed by atoms with Crippen LogP contribution in [0.25, 0.3) is 0 Å². The van der Waals surface area contributed by atoms with E-state index in [2.05, 4.69) is 25.6 Å². The van der Waals surface area contributed by atoms with E-state index in [1.165, 1.54) is 31.3 Å². The summed E-state index contributed by atoms with van der Waals surface area (Å²) in [6.45, 7) is 1.62. The highest BCUT2D eigenvalue weighted by Gasteiger charge is 2.19. The minimum atomic E-state index is -3.96. The van der Waals surface area contributed by atoms with Crippen molar-refractivity contribution in [3.8, 4) is 11.8 Å². The molecule has 0 bridgehead atoms. The molecule has 0 aliphatic heterocycles. The molecule has 1 N–H and O–H groups in total. The van der Waals surface area contributed by atoms with E-state index in [4.69, 9.17) is 10.00 Å². The van der Waals surface area contributed by atoms with Crippen LogP contribution in [0.1, 0.15) is 30.1 Å². The number of ether oxygens (including phenoxy) is 1. The molecule has 0 radical (unpaired) electrons. The summed E-state index contributed by atoms with van der Waals surface area (Å²) in [7, 11) is -3.96. The Kier molecular flexibility index (Phi) is 6.71. The fourth-order valence-electron chi connectivity index (χ4n) is 2.04. The molecular formula is C17H16BrN3O4S. The van der Waals surface area contributed by atoms with E-state index < -0.39 is 10.0 Å². The second kappa shape index (κ2) is 8.78. The number of carbonyl (C=O) groups excluding carboxylic acids is 1. The van der Waals surface area contributed by atoms with Gasteiger partial charge in [-0.2, -0.15) is 5.26 Å². The van der Waals surface area contributed by atoms with Crippen LogP contribution in [0.15, 0.2) is 45.9 Å². The van der Waals surface area contributed by atoms with Gasteiger partial charge in [-0.05, 0) is 43.7 Å². The van der Waals surface area contributed by atoms with E-state index in [9.17, 15) is 13.2 Å². The third-order valence-corrected chi connectivity index (χ3v) is 5.35. The topological polar surface area (TPSA) is 109 Å². The zero-order chi connectivity index (χ0) is 19.2. The average molecular weight is 438 g/mol. The molecule has 0 fully saturated rings. The molecular weight excluding hydrogens is 422 g/mol. The molecule has 0 aliphatic rings. The Hall–Kier alpha value is -2.44. The second-order valence-electron chi connectivity index (χ2n) is 5.26. The van der Waals surface area contributed by atoms with Gasteiger partial charge in [0.15, 0.2) is 17.4 Å². The van der Waals surface area contributed by atoms with Crippen LogP contribution in [0.5, 0.6) is 5.75 Å². The molecule has 2 aromatic rings. The molecule has 136 valence electrons. The lowest BCUT2D eigenvalue weighted by atomic mass is 10.1. The highest BCUT2D eigenvalue weighted by molar-refractivity contribution is 9.10. The predicted octanol–water partition coefficient (Wildman–Crippen LogP) is 3.53. The van der Waals surface area contributed by atoms with Crippen LogP contribution in [0.4, 0.5) is 5.82 Å². The summed E-state index contributed by atoms with van der Waals surface area (Å²) in [5.41, 5.74) is 0.266. The minimum absolute atomic E-state index is 0.0387. The van der Waals surface area contributed by atoms with Crippen LogP contribution >= 0.6 is 15.9 Å². The van der Waals surface area contributed by atoms with Gasteiger partial charge in [-0.1, -0.05) is 15.9 Å². The molecule has 1 heterocycles. The number of pyridine rings is 1. The van der Waals surface area contributed by atoms with E-state index in [1.54, 1.807) is 12.1 Å². The van der Waals surface area contributed by atoms with Crippen LogP contribution in [0, 0.1) is 11.3 Å². The van der Waals surface area contributed by atoms with Crippen LogP contribution in [-0.2, 0) is 10.0 Å². The number of unbranched alkanes of at least 4 members (excludes halogenated alkanes) is 1. The van der Waals surface area contributed by atoms with E-state index in [-0.39, 0.29) is 34.4 Å². The standard InChI is InChI=1S/C17H16BrN3O4S/c1-12(22)14-11-13(6-7-15(14)18)26(23,24)21-17-16(5-4-9-20-17)25-10-3-2-8-19/h4-7,9,11H,2-3,10H2,1H3,(H,20,21). The summed E-state index contributed by atoms with van der Waals surface area (Å²) in [5.74, 6) is 0.0444. The largest absolute Gasteiger partial charge is 0.490 e. The Morgan fingerprint density at radius 2 is 2.15 bits per heavy atom. The number of nitriles is 1. The summed E-state index contributed by atoms with van der Waals surface area (Å²) < 4.78 is 33.7. The van der Waals surface area contributed by atoms with Crippen LogP contribution < -0.4 is 9.46 Å². The Morgan fingerprint density at radius 1 is 1.38 bits per heavy atom. The quantitative estimate of drug-likeness (QED) is 0.499. The number of benzene rings is 1. The van der Waals surface area contributed by atoms with Gasteiger partial charge >= 0.3 is 0 Å². The third kappa shape index (κ3) is 5.03. The first kappa shape index (κ1) is 19.9. The lowest BCUT2D eigenvalue weighted by Gasteiger charge is -2.13. The molecule has 0 aliphatic carbocycles. The number of halogens is 1. The maximum atomic E-state index is 12.6. The molecule has 2 rings (SSSR count). The van der Waals surface area contributed by atoms with Gasteiger partial charge in [-0.15, -0.1) is 0 Å². The number of ketones is 1. The minimum Gasteiger partial charge on any atom is -0.490 e. The van der Waals surface area contributed by atoms with Gasteiger partial charge in [-0.25, -0.2) is 13.4 Å². The highest BCUT2D eigenvalue weighted by Crippen LogP contribution is 2.26. The van der Waals surface area contributed by atoms with Crippen molar-refractivity contribution in [1.82, 2.24) is 4.98 Å². The van der Waals surface area contributed by atoms with Gasteiger partial charge in [0.25, 0.3) is 10.0 Å². The van der Waals surface area contributed by atoms with Crippen molar-refractivity contribution < 1.29 is 17.9 Å². The molecule has 26 heavy (non-hydrogen) atoms. The van der Waals surface area contributed by atoms with E-state index >= 15 is 0 Å². The normalized spacial score (nSPS) is 10.8.